The number of hydrogen-bond donors (Lipinski definition) is 2. The number of rotatable bonds is 4. The van der Waals surface area contributed by atoms with E-state index in [4.69, 9.17) is 5.11 Å². The van der Waals surface area contributed by atoms with Crippen LogP contribution in [0.3, 0.4) is 0 Å². The molecular weight excluding hydrogens is 190 g/mol. The maximum atomic E-state index is 8.95. The maximum absolute atomic E-state index is 8.95. The third kappa shape index (κ3) is 3.25. The summed E-state index contributed by atoms with van der Waals surface area (Å²) in [4.78, 5) is 8.49. The van der Waals surface area contributed by atoms with Crippen LogP contribution in [0.4, 0.5) is 0 Å². The van der Waals surface area contributed by atoms with Crippen LogP contribution in [0.2, 0.25) is 0 Å². The summed E-state index contributed by atoms with van der Waals surface area (Å²) < 4.78 is 0. The highest BCUT2D eigenvalue weighted by Crippen LogP contribution is 2.14. The van der Waals surface area contributed by atoms with Crippen molar-refractivity contribution in [2.75, 3.05) is 6.61 Å². The second kappa shape index (κ2) is 5.19. The lowest BCUT2D eigenvalue weighted by atomic mass is 10.1. The topological polar surface area (TPSA) is 58.0 Å². The molecule has 0 saturated heterocycles. The Balaban J connectivity index is 2.77. The van der Waals surface area contributed by atoms with Gasteiger partial charge in [-0.05, 0) is 27.7 Å². The normalized spacial score (nSPS) is 15.0. The lowest BCUT2D eigenvalue weighted by molar-refractivity contribution is 0.243. The Morgan fingerprint density at radius 1 is 1.40 bits per heavy atom. The minimum absolute atomic E-state index is 0.0840. The van der Waals surface area contributed by atoms with Crippen LogP contribution < -0.4 is 5.32 Å². The van der Waals surface area contributed by atoms with E-state index in [-0.39, 0.29) is 18.7 Å². The van der Waals surface area contributed by atoms with E-state index in [1.807, 2.05) is 33.9 Å². The zero-order chi connectivity index (χ0) is 11.4. The van der Waals surface area contributed by atoms with Crippen LogP contribution in [-0.4, -0.2) is 27.7 Å². The molecule has 1 heterocycles. The van der Waals surface area contributed by atoms with Gasteiger partial charge in [0, 0.05) is 29.5 Å². The molecule has 0 aliphatic carbocycles. The summed E-state index contributed by atoms with van der Waals surface area (Å²) in [6.07, 6.45) is 1.85. The second-order valence-electron chi connectivity index (χ2n) is 3.93. The summed E-state index contributed by atoms with van der Waals surface area (Å²) >= 11 is 0. The summed E-state index contributed by atoms with van der Waals surface area (Å²) in [7, 11) is 0. The zero-order valence-electron chi connectivity index (χ0n) is 9.78. The first kappa shape index (κ1) is 12.1. The van der Waals surface area contributed by atoms with Crippen molar-refractivity contribution in [2.24, 2.45) is 0 Å². The van der Waals surface area contributed by atoms with Gasteiger partial charge in [0.2, 0.25) is 0 Å². The molecule has 4 heteroatoms. The van der Waals surface area contributed by atoms with E-state index in [2.05, 4.69) is 15.3 Å². The Hall–Kier alpha value is -1.00. The van der Waals surface area contributed by atoms with Gasteiger partial charge in [-0.25, -0.2) is 9.97 Å². The van der Waals surface area contributed by atoms with Crippen LogP contribution in [-0.2, 0) is 0 Å². The van der Waals surface area contributed by atoms with Gasteiger partial charge in [-0.2, -0.15) is 0 Å². The molecular formula is C11H19N3O. The van der Waals surface area contributed by atoms with Crippen molar-refractivity contribution in [3.63, 3.8) is 0 Å². The SMILES string of the molecule is Cc1ncc(C(C)N[C@@H](C)CO)c(C)n1. The van der Waals surface area contributed by atoms with Crippen LogP contribution in [0.15, 0.2) is 6.20 Å². The van der Waals surface area contributed by atoms with Crippen molar-refractivity contribution in [2.45, 2.75) is 39.8 Å². The number of aryl methyl sites for hydroxylation is 2. The standard InChI is InChI=1S/C11H19N3O/c1-7(6-15)13-8(2)11-5-12-10(4)14-9(11)3/h5,7-8,13,15H,6H2,1-4H3/t7-,8?/m0/s1. The molecule has 0 bridgehead atoms. The van der Waals surface area contributed by atoms with Crippen LogP contribution >= 0.6 is 0 Å². The highest BCUT2D eigenvalue weighted by Gasteiger charge is 2.12. The fraction of sp³-hybridized carbons (Fsp3) is 0.636. The third-order valence-electron chi connectivity index (χ3n) is 2.41. The first-order valence-electron chi connectivity index (χ1n) is 5.21. The number of hydrogen-bond acceptors (Lipinski definition) is 4. The monoisotopic (exact) mass is 209 g/mol. The molecule has 4 nitrogen and oxygen atoms in total. The van der Waals surface area contributed by atoms with Gasteiger partial charge in [0.25, 0.3) is 0 Å². The first-order valence-corrected chi connectivity index (χ1v) is 5.21. The number of aliphatic hydroxyl groups is 1. The molecule has 0 spiro atoms. The van der Waals surface area contributed by atoms with E-state index in [1.165, 1.54) is 0 Å². The Bertz CT molecular complexity index is 328. The van der Waals surface area contributed by atoms with E-state index in [0.29, 0.717) is 0 Å². The maximum Gasteiger partial charge on any atom is 0.125 e. The van der Waals surface area contributed by atoms with Crippen molar-refractivity contribution in [1.82, 2.24) is 15.3 Å². The summed E-state index contributed by atoms with van der Waals surface area (Å²) in [5.74, 6) is 0.790. The molecule has 0 saturated carbocycles. The molecule has 0 aromatic carbocycles. The Labute approximate surface area is 90.8 Å². The van der Waals surface area contributed by atoms with Crippen molar-refractivity contribution in [1.29, 1.82) is 0 Å². The highest BCUT2D eigenvalue weighted by molar-refractivity contribution is 5.19. The van der Waals surface area contributed by atoms with E-state index >= 15 is 0 Å². The van der Waals surface area contributed by atoms with E-state index < -0.39 is 0 Å². The van der Waals surface area contributed by atoms with Gasteiger partial charge in [-0.1, -0.05) is 0 Å². The van der Waals surface area contributed by atoms with Gasteiger partial charge in [-0.3, -0.25) is 0 Å². The molecule has 0 aliphatic heterocycles. The number of nitrogens with zero attached hydrogens (tertiary/aromatic N) is 2. The average molecular weight is 209 g/mol. The van der Waals surface area contributed by atoms with Crippen LogP contribution in [0.5, 0.6) is 0 Å². The fourth-order valence-corrected chi connectivity index (χ4v) is 1.59. The van der Waals surface area contributed by atoms with E-state index in [0.717, 1.165) is 17.1 Å². The quantitative estimate of drug-likeness (QED) is 0.780. The average Bonchev–Trinajstić information content (AvgIpc) is 2.17. The van der Waals surface area contributed by atoms with Crippen molar-refractivity contribution >= 4 is 0 Å². The van der Waals surface area contributed by atoms with Crippen molar-refractivity contribution in [3.8, 4) is 0 Å². The van der Waals surface area contributed by atoms with Gasteiger partial charge in [0.15, 0.2) is 0 Å². The van der Waals surface area contributed by atoms with Gasteiger partial charge in [0.1, 0.15) is 5.82 Å². The van der Waals surface area contributed by atoms with Crippen molar-refractivity contribution in [3.05, 3.63) is 23.3 Å². The third-order valence-corrected chi connectivity index (χ3v) is 2.41. The van der Waals surface area contributed by atoms with Crippen LogP contribution in [0.25, 0.3) is 0 Å². The molecule has 1 aromatic heterocycles. The fourth-order valence-electron chi connectivity index (χ4n) is 1.59. The Morgan fingerprint density at radius 3 is 2.60 bits per heavy atom. The number of nitrogens with one attached hydrogen (secondary N) is 1. The predicted octanol–water partition coefficient (Wildman–Crippen LogP) is 1.12. The lowest BCUT2D eigenvalue weighted by Crippen LogP contribution is -2.32. The minimum Gasteiger partial charge on any atom is -0.395 e. The van der Waals surface area contributed by atoms with E-state index in [1.54, 1.807) is 0 Å². The summed E-state index contributed by atoms with van der Waals surface area (Å²) in [5, 5.41) is 12.2. The Kier molecular flexibility index (Phi) is 4.17. The summed E-state index contributed by atoms with van der Waals surface area (Å²) in [6, 6.07) is 0.244. The second-order valence-corrected chi connectivity index (χ2v) is 3.93. The highest BCUT2D eigenvalue weighted by atomic mass is 16.3. The van der Waals surface area contributed by atoms with Gasteiger partial charge in [-0.15, -0.1) is 0 Å². The molecule has 15 heavy (non-hydrogen) atoms. The van der Waals surface area contributed by atoms with Crippen LogP contribution in [0.1, 0.15) is 37.0 Å². The minimum atomic E-state index is 0.0840. The number of aliphatic hydroxyl groups excluding tert-OH is 1. The number of aromatic nitrogens is 2. The van der Waals surface area contributed by atoms with E-state index in [9.17, 15) is 0 Å². The molecule has 84 valence electrons. The molecule has 1 aromatic rings. The predicted molar refractivity (Wildman–Crippen MR) is 59.6 cm³/mol. The largest absolute Gasteiger partial charge is 0.395 e. The molecule has 2 atom stereocenters. The molecule has 0 aliphatic rings. The molecule has 2 N–H and O–H groups in total. The molecule has 0 fully saturated rings. The molecule has 1 rings (SSSR count). The Morgan fingerprint density at radius 2 is 2.07 bits per heavy atom. The van der Waals surface area contributed by atoms with Gasteiger partial charge < -0.3 is 10.4 Å². The molecule has 0 radical (unpaired) electrons. The summed E-state index contributed by atoms with van der Waals surface area (Å²) in [5.41, 5.74) is 2.08. The summed E-state index contributed by atoms with van der Waals surface area (Å²) in [6.45, 7) is 7.99. The van der Waals surface area contributed by atoms with Gasteiger partial charge >= 0.3 is 0 Å². The van der Waals surface area contributed by atoms with Crippen LogP contribution in [0, 0.1) is 13.8 Å². The van der Waals surface area contributed by atoms with Crippen molar-refractivity contribution < 1.29 is 5.11 Å². The lowest BCUT2D eigenvalue weighted by Gasteiger charge is -2.19. The smallest absolute Gasteiger partial charge is 0.125 e. The van der Waals surface area contributed by atoms with Gasteiger partial charge in [0.05, 0.1) is 6.61 Å². The zero-order valence-corrected chi connectivity index (χ0v) is 9.78. The molecule has 0 amide bonds. The molecule has 1 unspecified atom stereocenters. The first-order chi connectivity index (χ1) is 7.04.